The van der Waals surface area contributed by atoms with Gasteiger partial charge < -0.3 is 14.4 Å². The topological polar surface area (TPSA) is 38.8 Å². The molecule has 0 radical (unpaired) electrons. The van der Waals surface area contributed by atoms with Crippen LogP contribution in [0.15, 0.2) is 24.3 Å². The molecule has 1 heterocycles. The van der Waals surface area contributed by atoms with E-state index in [4.69, 9.17) is 32.7 Å². The third kappa shape index (κ3) is 4.27. The number of benzene rings is 1. The van der Waals surface area contributed by atoms with Gasteiger partial charge in [-0.25, -0.2) is 0 Å². The number of rotatable bonds is 4. The molecule has 1 saturated heterocycles. The van der Waals surface area contributed by atoms with Gasteiger partial charge in [-0.3, -0.25) is 4.79 Å². The minimum Gasteiger partial charge on any atom is -0.484 e. The zero-order valence-electron chi connectivity index (χ0n) is 11.2. The Kier molecular flexibility index (Phi) is 5.52. The second-order valence-corrected chi connectivity index (χ2v) is 5.51. The van der Waals surface area contributed by atoms with Crippen molar-refractivity contribution < 1.29 is 14.3 Å². The molecular weight excluding hydrogens is 301 g/mol. The standard InChI is InChI=1S/C14H17Cl2NO3/c1-10-7-17(8-13(6-15)20-10)14(18)9-19-12-4-2-3-11(16)5-12/h2-5,10,13H,6-9H2,1H3. The maximum atomic E-state index is 12.1. The summed E-state index contributed by atoms with van der Waals surface area (Å²) >= 11 is 11.7. The number of hydrogen-bond donors (Lipinski definition) is 0. The smallest absolute Gasteiger partial charge is 0.260 e. The molecule has 1 aliphatic rings. The monoisotopic (exact) mass is 317 g/mol. The number of carbonyl (C=O) groups is 1. The van der Waals surface area contributed by atoms with Crippen LogP contribution in [-0.4, -0.2) is 48.6 Å². The van der Waals surface area contributed by atoms with Crippen molar-refractivity contribution in [1.82, 2.24) is 4.90 Å². The van der Waals surface area contributed by atoms with Crippen molar-refractivity contribution in [2.24, 2.45) is 0 Å². The number of amides is 1. The van der Waals surface area contributed by atoms with Crippen LogP contribution in [0.1, 0.15) is 6.92 Å². The minimum absolute atomic E-state index is 0.0115. The molecule has 4 nitrogen and oxygen atoms in total. The number of nitrogens with zero attached hydrogens (tertiary/aromatic N) is 1. The Morgan fingerprint density at radius 1 is 1.50 bits per heavy atom. The molecule has 0 spiro atoms. The molecule has 0 aromatic heterocycles. The van der Waals surface area contributed by atoms with E-state index in [9.17, 15) is 4.79 Å². The van der Waals surface area contributed by atoms with Gasteiger partial charge in [0, 0.05) is 18.1 Å². The molecule has 0 bridgehead atoms. The molecule has 1 fully saturated rings. The summed E-state index contributed by atoms with van der Waals surface area (Å²) in [5.74, 6) is 0.889. The third-order valence-corrected chi connectivity index (χ3v) is 3.59. The fourth-order valence-electron chi connectivity index (χ4n) is 2.13. The van der Waals surface area contributed by atoms with Crippen molar-refractivity contribution in [2.75, 3.05) is 25.6 Å². The normalized spacial score (nSPS) is 22.6. The van der Waals surface area contributed by atoms with Gasteiger partial charge in [0.25, 0.3) is 5.91 Å². The molecule has 0 aliphatic carbocycles. The van der Waals surface area contributed by atoms with E-state index in [0.717, 1.165) is 0 Å². The molecule has 6 heteroatoms. The summed E-state index contributed by atoms with van der Waals surface area (Å²) in [7, 11) is 0. The van der Waals surface area contributed by atoms with Gasteiger partial charge in [-0.1, -0.05) is 17.7 Å². The molecule has 1 aromatic rings. The van der Waals surface area contributed by atoms with Gasteiger partial charge in [-0.2, -0.15) is 0 Å². The van der Waals surface area contributed by atoms with E-state index < -0.39 is 0 Å². The number of halogens is 2. The van der Waals surface area contributed by atoms with Crippen molar-refractivity contribution in [3.8, 4) is 5.75 Å². The molecule has 0 saturated carbocycles. The quantitative estimate of drug-likeness (QED) is 0.801. The predicted molar refractivity (Wildman–Crippen MR) is 78.6 cm³/mol. The first kappa shape index (κ1) is 15.4. The summed E-state index contributed by atoms with van der Waals surface area (Å²) < 4.78 is 11.1. The molecule has 20 heavy (non-hydrogen) atoms. The highest BCUT2D eigenvalue weighted by Crippen LogP contribution is 2.18. The van der Waals surface area contributed by atoms with Crippen molar-refractivity contribution >= 4 is 29.1 Å². The molecule has 1 aromatic carbocycles. The van der Waals surface area contributed by atoms with Crippen molar-refractivity contribution in [1.29, 1.82) is 0 Å². The lowest BCUT2D eigenvalue weighted by atomic mass is 10.2. The average Bonchev–Trinajstić information content (AvgIpc) is 2.44. The first-order valence-corrected chi connectivity index (χ1v) is 7.37. The third-order valence-electron chi connectivity index (χ3n) is 3.01. The molecule has 110 valence electrons. The van der Waals surface area contributed by atoms with E-state index in [-0.39, 0.29) is 24.7 Å². The Morgan fingerprint density at radius 2 is 2.30 bits per heavy atom. The predicted octanol–water partition coefficient (Wildman–Crippen LogP) is 2.57. The Labute approximate surface area is 128 Å². The second kappa shape index (κ2) is 7.16. The highest BCUT2D eigenvalue weighted by molar-refractivity contribution is 6.30. The highest BCUT2D eigenvalue weighted by atomic mass is 35.5. The van der Waals surface area contributed by atoms with Gasteiger partial charge in [-0.05, 0) is 25.1 Å². The van der Waals surface area contributed by atoms with Crippen molar-refractivity contribution in [3.05, 3.63) is 29.3 Å². The van der Waals surface area contributed by atoms with Crippen LogP contribution in [0.25, 0.3) is 0 Å². The Morgan fingerprint density at radius 3 is 3.00 bits per heavy atom. The molecule has 2 atom stereocenters. The number of alkyl halides is 1. The maximum absolute atomic E-state index is 12.1. The zero-order chi connectivity index (χ0) is 14.5. The van der Waals surface area contributed by atoms with Gasteiger partial charge in [0.2, 0.25) is 0 Å². The Balaban J connectivity index is 1.88. The van der Waals surface area contributed by atoms with E-state index in [1.165, 1.54) is 0 Å². The van der Waals surface area contributed by atoms with Gasteiger partial charge in [0.1, 0.15) is 5.75 Å². The average molecular weight is 318 g/mol. The van der Waals surface area contributed by atoms with Crippen LogP contribution in [0.3, 0.4) is 0 Å². The Hall–Kier alpha value is -0.970. The molecule has 0 N–H and O–H groups in total. The van der Waals surface area contributed by atoms with E-state index >= 15 is 0 Å². The first-order chi connectivity index (χ1) is 9.58. The minimum atomic E-state index is -0.115. The maximum Gasteiger partial charge on any atom is 0.260 e. The fraction of sp³-hybridized carbons (Fsp3) is 0.500. The van der Waals surface area contributed by atoms with Crippen LogP contribution in [0.4, 0.5) is 0 Å². The van der Waals surface area contributed by atoms with Gasteiger partial charge in [0.15, 0.2) is 6.61 Å². The van der Waals surface area contributed by atoms with E-state index in [2.05, 4.69) is 0 Å². The number of hydrogen-bond acceptors (Lipinski definition) is 3. The molecular formula is C14H17Cl2NO3. The van der Waals surface area contributed by atoms with Crippen LogP contribution in [-0.2, 0) is 9.53 Å². The van der Waals surface area contributed by atoms with Gasteiger partial charge >= 0.3 is 0 Å². The molecule has 2 rings (SSSR count). The summed E-state index contributed by atoms with van der Waals surface area (Å²) in [5.41, 5.74) is 0. The molecule has 2 unspecified atom stereocenters. The summed E-state index contributed by atoms with van der Waals surface area (Å²) in [6.07, 6.45) is -0.127. The molecule has 1 amide bonds. The number of carbonyl (C=O) groups excluding carboxylic acids is 1. The highest BCUT2D eigenvalue weighted by Gasteiger charge is 2.27. The lowest BCUT2D eigenvalue weighted by Crippen LogP contribution is -2.51. The zero-order valence-corrected chi connectivity index (χ0v) is 12.7. The van der Waals surface area contributed by atoms with Crippen molar-refractivity contribution in [3.63, 3.8) is 0 Å². The van der Waals surface area contributed by atoms with Gasteiger partial charge in [-0.15, -0.1) is 11.6 Å². The lowest BCUT2D eigenvalue weighted by Gasteiger charge is -2.36. The Bertz CT molecular complexity index is 469. The molecule has 1 aliphatic heterocycles. The summed E-state index contributed by atoms with van der Waals surface area (Å²) in [6, 6.07) is 6.98. The van der Waals surface area contributed by atoms with E-state index in [1.807, 2.05) is 6.92 Å². The van der Waals surface area contributed by atoms with E-state index in [1.54, 1.807) is 29.2 Å². The van der Waals surface area contributed by atoms with Crippen LogP contribution < -0.4 is 4.74 Å². The van der Waals surface area contributed by atoms with Crippen molar-refractivity contribution in [2.45, 2.75) is 19.1 Å². The van der Waals surface area contributed by atoms with E-state index in [0.29, 0.717) is 29.7 Å². The van der Waals surface area contributed by atoms with Crippen LogP contribution >= 0.6 is 23.2 Å². The largest absolute Gasteiger partial charge is 0.484 e. The lowest BCUT2D eigenvalue weighted by molar-refractivity contribution is -0.145. The summed E-state index contributed by atoms with van der Waals surface area (Å²) in [4.78, 5) is 13.9. The number of ether oxygens (including phenoxy) is 2. The van der Waals surface area contributed by atoms with Crippen LogP contribution in [0.5, 0.6) is 5.75 Å². The first-order valence-electron chi connectivity index (χ1n) is 6.46. The second-order valence-electron chi connectivity index (χ2n) is 4.77. The number of morpholine rings is 1. The summed E-state index contributed by atoms with van der Waals surface area (Å²) in [6.45, 7) is 2.98. The van der Waals surface area contributed by atoms with Crippen LogP contribution in [0.2, 0.25) is 5.02 Å². The van der Waals surface area contributed by atoms with Crippen LogP contribution in [0, 0.1) is 0 Å². The fourth-order valence-corrected chi connectivity index (χ4v) is 2.48. The SMILES string of the molecule is CC1CN(C(=O)COc2cccc(Cl)c2)CC(CCl)O1. The van der Waals surface area contributed by atoms with Gasteiger partial charge in [0.05, 0.1) is 18.1 Å². The summed E-state index contributed by atoms with van der Waals surface area (Å²) in [5, 5.41) is 0.581.